The van der Waals surface area contributed by atoms with E-state index in [1.807, 2.05) is 47.2 Å². The molecule has 0 fully saturated rings. The van der Waals surface area contributed by atoms with Crippen LogP contribution in [-0.4, -0.2) is 21.4 Å². The first-order valence-electron chi connectivity index (χ1n) is 7.76. The van der Waals surface area contributed by atoms with Crippen LogP contribution in [0.3, 0.4) is 0 Å². The van der Waals surface area contributed by atoms with Gasteiger partial charge in [0.2, 0.25) is 0 Å². The number of nitrogens with zero attached hydrogens (tertiary/aromatic N) is 2. The zero-order valence-corrected chi connectivity index (χ0v) is 15.2. The number of anilines is 1. The molecule has 1 atom stereocenters. The Morgan fingerprint density at radius 1 is 1.32 bits per heavy atom. The second kappa shape index (κ2) is 7.39. The van der Waals surface area contributed by atoms with Crippen molar-refractivity contribution in [3.8, 4) is 0 Å². The highest BCUT2D eigenvalue weighted by atomic mass is 35.5. The van der Waals surface area contributed by atoms with Crippen LogP contribution in [0.5, 0.6) is 0 Å². The zero-order chi connectivity index (χ0) is 17.9. The van der Waals surface area contributed by atoms with Crippen LogP contribution >= 0.6 is 22.9 Å². The van der Waals surface area contributed by atoms with Gasteiger partial charge >= 0.3 is 0 Å². The molecule has 0 aliphatic heterocycles. The average Bonchev–Trinajstić information content (AvgIpc) is 3.15. The molecule has 0 aliphatic carbocycles. The van der Waals surface area contributed by atoms with Crippen molar-refractivity contribution in [1.29, 1.82) is 0 Å². The van der Waals surface area contributed by atoms with Gasteiger partial charge in [-0.3, -0.25) is 4.79 Å². The zero-order valence-electron chi connectivity index (χ0n) is 13.6. The predicted octanol–water partition coefficient (Wildman–Crippen LogP) is 3.33. The van der Waals surface area contributed by atoms with Crippen LogP contribution in [0.2, 0.25) is 5.02 Å². The van der Waals surface area contributed by atoms with Gasteiger partial charge in [-0.25, -0.2) is 4.68 Å². The van der Waals surface area contributed by atoms with Gasteiger partial charge in [-0.2, -0.15) is 16.4 Å². The van der Waals surface area contributed by atoms with E-state index in [0.29, 0.717) is 12.2 Å². The molecule has 0 spiro atoms. The molecule has 1 unspecified atom stereocenters. The molecule has 0 radical (unpaired) electrons. The largest absolute Gasteiger partial charge is 0.384 e. The van der Waals surface area contributed by atoms with E-state index in [1.54, 1.807) is 6.92 Å². The van der Waals surface area contributed by atoms with E-state index in [1.165, 1.54) is 22.2 Å². The lowest BCUT2D eigenvalue weighted by molar-refractivity contribution is 0.0720. The molecule has 2 N–H and O–H groups in total. The Labute approximate surface area is 154 Å². The average molecular weight is 376 g/mol. The van der Waals surface area contributed by atoms with Crippen molar-refractivity contribution in [2.24, 2.45) is 0 Å². The van der Waals surface area contributed by atoms with Gasteiger partial charge in [0.05, 0.1) is 18.4 Å². The maximum Gasteiger partial charge on any atom is 0.287 e. The molecule has 0 saturated heterocycles. The number of rotatable bonds is 6. The Hall–Kier alpha value is -2.15. The van der Waals surface area contributed by atoms with Crippen molar-refractivity contribution in [2.45, 2.75) is 19.1 Å². The second-order valence-corrected chi connectivity index (χ2v) is 7.12. The first-order valence-corrected chi connectivity index (χ1v) is 9.08. The minimum absolute atomic E-state index is 0.0621. The van der Waals surface area contributed by atoms with Crippen LogP contribution < -0.4 is 10.9 Å². The van der Waals surface area contributed by atoms with Gasteiger partial charge < -0.3 is 10.4 Å². The molecule has 0 amide bonds. The number of nitrogens with one attached hydrogen (secondary N) is 1. The lowest BCUT2D eigenvalue weighted by Gasteiger charge is -2.23. The summed E-state index contributed by atoms with van der Waals surface area (Å²) in [6.07, 6.45) is 1.51. The van der Waals surface area contributed by atoms with Crippen LogP contribution in [-0.2, 0) is 12.1 Å². The normalized spacial score (nSPS) is 13.4. The molecule has 7 heteroatoms. The summed E-state index contributed by atoms with van der Waals surface area (Å²) in [5, 5.41) is 21.6. The molecule has 130 valence electrons. The molecule has 25 heavy (non-hydrogen) atoms. The molecule has 5 nitrogen and oxygen atoms in total. The van der Waals surface area contributed by atoms with Crippen molar-refractivity contribution >= 4 is 28.6 Å². The van der Waals surface area contributed by atoms with E-state index < -0.39 is 5.60 Å². The number of hydrogen-bond donors (Lipinski definition) is 2. The van der Waals surface area contributed by atoms with Gasteiger partial charge in [0.1, 0.15) is 10.6 Å². The Morgan fingerprint density at radius 3 is 2.76 bits per heavy atom. The molecular formula is C18H18ClN3O2S. The van der Waals surface area contributed by atoms with Gasteiger partial charge in [0, 0.05) is 6.54 Å². The Morgan fingerprint density at radius 2 is 2.08 bits per heavy atom. The van der Waals surface area contributed by atoms with Crippen LogP contribution in [0, 0.1) is 0 Å². The van der Waals surface area contributed by atoms with Gasteiger partial charge in [-0.1, -0.05) is 41.9 Å². The van der Waals surface area contributed by atoms with Crippen LogP contribution in [0.15, 0.2) is 58.1 Å². The molecule has 0 saturated carbocycles. The molecule has 1 aromatic carbocycles. The van der Waals surface area contributed by atoms with Gasteiger partial charge in [-0.15, -0.1) is 0 Å². The first-order chi connectivity index (χ1) is 12.0. The highest BCUT2D eigenvalue weighted by molar-refractivity contribution is 7.08. The predicted molar refractivity (Wildman–Crippen MR) is 101 cm³/mol. The third-order valence-corrected chi connectivity index (χ3v) is 4.97. The molecule has 0 aliphatic rings. The third-order valence-electron chi connectivity index (χ3n) is 3.93. The van der Waals surface area contributed by atoms with E-state index in [2.05, 4.69) is 10.4 Å². The van der Waals surface area contributed by atoms with Gasteiger partial charge in [-0.05, 0) is 34.9 Å². The monoisotopic (exact) mass is 375 g/mol. The van der Waals surface area contributed by atoms with Gasteiger partial charge in [0.25, 0.3) is 5.56 Å². The fourth-order valence-corrected chi connectivity index (χ4v) is 3.39. The van der Waals surface area contributed by atoms with Crippen molar-refractivity contribution in [3.63, 3.8) is 0 Å². The van der Waals surface area contributed by atoms with E-state index >= 15 is 0 Å². The Kier molecular flexibility index (Phi) is 5.22. The summed E-state index contributed by atoms with van der Waals surface area (Å²) in [6.45, 7) is 2.28. The summed E-state index contributed by atoms with van der Waals surface area (Å²) in [4.78, 5) is 12.4. The summed E-state index contributed by atoms with van der Waals surface area (Å²) >= 11 is 7.72. The number of aliphatic hydroxyl groups is 1. The molecule has 3 rings (SSSR count). The van der Waals surface area contributed by atoms with Crippen molar-refractivity contribution < 1.29 is 5.11 Å². The fourth-order valence-electron chi connectivity index (χ4n) is 2.40. The highest BCUT2D eigenvalue weighted by Crippen LogP contribution is 2.24. The van der Waals surface area contributed by atoms with Gasteiger partial charge in [0.15, 0.2) is 0 Å². The molecule has 0 bridgehead atoms. The van der Waals surface area contributed by atoms with Crippen LogP contribution in [0.1, 0.15) is 18.1 Å². The van der Waals surface area contributed by atoms with Crippen LogP contribution in [0.4, 0.5) is 5.69 Å². The summed E-state index contributed by atoms with van der Waals surface area (Å²) in [6, 6.07) is 11.4. The quantitative estimate of drug-likeness (QED) is 0.693. The molecule has 2 aromatic heterocycles. The van der Waals surface area contributed by atoms with E-state index in [0.717, 1.165) is 11.1 Å². The Balaban J connectivity index is 1.75. The SMILES string of the molecule is CC(O)(CNc1cnn(Cc2ccccc2)c(=O)c1Cl)c1ccsc1. The maximum absolute atomic E-state index is 12.4. The van der Waals surface area contributed by atoms with E-state index in [-0.39, 0.29) is 17.1 Å². The summed E-state index contributed by atoms with van der Waals surface area (Å²) in [5.41, 5.74) is 0.750. The number of thiophene rings is 1. The van der Waals surface area contributed by atoms with Crippen molar-refractivity contribution in [1.82, 2.24) is 9.78 Å². The molecule has 3 aromatic rings. The maximum atomic E-state index is 12.4. The van der Waals surface area contributed by atoms with Crippen LogP contribution in [0.25, 0.3) is 0 Å². The summed E-state index contributed by atoms with van der Waals surface area (Å²) in [7, 11) is 0. The number of halogens is 1. The van der Waals surface area contributed by atoms with Crippen molar-refractivity contribution in [3.05, 3.63) is 79.9 Å². The summed E-state index contributed by atoms with van der Waals surface area (Å²) < 4.78 is 1.32. The van der Waals surface area contributed by atoms with E-state index in [4.69, 9.17) is 11.6 Å². The number of aromatic nitrogens is 2. The standard InChI is InChI=1S/C18H18ClN3O2S/c1-18(24,14-7-8-25-11-14)12-20-15-9-21-22(17(23)16(15)19)10-13-5-3-2-4-6-13/h2-9,11,20,24H,10,12H2,1H3. The molecular weight excluding hydrogens is 358 g/mol. The summed E-state index contributed by atoms with van der Waals surface area (Å²) in [5.74, 6) is 0. The van der Waals surface area contributed by atoms with Crippen molar-refractivity contribution in [2.75, 3.05) is 11.9 Å². The molecule has 2 heterocycles. The number of benzene rings is 1. The second-order valence-electron chi connectivity index (χ2n) is 5.96. The number of hydrogen-bond acceptors (Lipinski definition) is 5. The minimum atomic E-state index is -1.07. The Bertz CT molecular complexity index is 892. The fraction of sp³-hybridized carbons (Fsp3) is 0.222. The lowest BCUT2D eigenvalue weighted by atomic mass is 9.99. The smallest absolute Gasteiger partial charge is 0.287 e. The lowest BCUT2D eigenvalue weighted by Crippen LogP contribution is -2.31. The topological polar surface area (TPSA) is 67.2 Å². The first kappa shape index (κ1) is 17.7. The highest BCUT2D eigenvalue weighted by Gasteiger charge is 2.24. The van der Waals surface area contributed by atoms with E-state index in [9.17, 15) is 9.90 Å². The minimum Gasteiger partial charge on any atom is -0.384 e. The third kappa shape index (κ3) is 4.10.